The minimum absolute atomic E-state index is 0.0119. The van der Waals surface area contributed by atoms with E-state index in [0.717, 1.165) is 13.0 Å². The average Bonchev–Trinajstić information content (AvgIpc) is 2.88. The molecule has 1 N–H and O–H groups in total. The number of aliphatic hydroxyl groups excluding tert-OH is 1. The van der Waals surface area contributed by atoms with E-state index < -0.39 is 0 Å². The van der Waals surface area contributed by atoms with E-state index in [1.165, 1.54) is 11.3 Å². The Morgan fingerprint density at radius 2 is 2.64 bits per heavy atom. The number of aromatic nitrogens is 1. The van der Waals surface area contributed by atoms with Gasteiger partial charge in [0.2, 0.25) is 0 Å². The minimum Gasteiger partial charge on any atom is -0.396 e. The quantitative estimate of drug-likeness (QED) is 0.781. The zero-order valence-corrected chi connectivity index (χ0v) is 8.54. The molecule has 2 heterocycles. The summed E-state index contributed by atoms with van der Waals surface area (Å²) in [4.78, 5) is 17.5. The molecule has 5 heteroatoms. The van der Waals surface area contributed by atoms with Crippen LogP contribution in [0.25, 0.3) is 0 Å². The highest BCUT2D eigenvalue weighted by atomic mass is 32.1. The monoisotopic (exact) mass is 212 g/mol. The lowest BCUT2D eigenvalue weighted by Crippen LogP contribution is -2.29. The fourth-order valence-electron chi connectivity index (χ4n) is 1.65. The molecule has 1 amide bonds. The van der Waals surface area contributed by atoms with Crippen molar-refractivity contribution >= 4 is 17.2 Å². The van der Waals surface area contributed by atoms with E-state index in [2.05, 4.69) is 4.98 Å². The Balaban J connectivity index is 2.00. The van der Waals surface area contributed by atoms with Gasteiger partial charge in [-0.3, -0.25) is 4.79 Å². The fourth-order valence-corrected chi connectivity index (χ4v) is 2.17. The molecule has 1 fully saturated rings. The third-order valence-electron chi connectivity index (χ3n) is 2.48. The first-order chi connectivity index (χ1) is 6.81. The molecule has 76 valence electrons. The van der Waals surface area contributed by atoms with Gasteiger partial charge in [-0.05, 0) is 6.42 Å². The number of likely N-dealkylation sites (tertiary alicyclic amines) is 1. The molecular weight excluding hydrogens is 200 g/mol. The van der Waals surface area contributed by atoms with Gasteiger partial charge < -0.3 is 10.0 Å². The smallest absolute Gasteiger partial charge is 0.273 e. The standard InChI is InChI=1S/C9H12N2O2S/c12-4-7-1-2-11(3-7)9(13)8-5-14-6-10-8/h5-7,12H,1-4H2. The van der Waals surface area contributed by atoms with Crippen molar-refractivity contribution in [2.75, 3.05) is 19.7 Å². The number of nitrogens with zero attached hydrogens (tertiary/aromatic N) is 2. The Kier molecular flexibility index (Phi) is 2.79. The molecule has 0 bridgehead atoms. The Hall–Kier alpha value is -0.940. The van der Waals surface area contributed by atoms with Crippen LogP contribution in [0.4, 0.5) is 0 Å². The highest BCUT2D eigenvalue weighted by Crippen LogP contribution is 2.17. The lowest BCUT2D eigenvalue weighted by Gasteiger charge is -2.14. The van der Waals surface area contributed by atoms with E-state index in [1.54, 1.807) is 15.8 Å². The van der Waals surface area contributed by atoms with Gasteiger partial charge in [-0.25, -0.2) is 4.98 Å². The Morgan fingerprint density at radius 3 is 3.21 bits per heavy atom. The van der Waals surface area contributed by atoms with Gasteiger partial charge in [-0.2, -0.15) is 0 Å². The van der Waals surface area contributed by atoms with Crippen LogP contribution in [0.5, 0.6) is 0 Å². The molecule has 1 unspecified atom stereocenters. The molecular formula is C9H12N2O2S. The first-order valence-electron chi connectivity index (χ1n) is 4.59. The second-order valence-corrected chi connectivity index (χ2v) is 4.18. The molecule has 2 rings (SSSR count). The Morgan fingerprint density at radius 1 is 1.79 bits per heavy atom. The van der Waals surface area contributed by atoms with Crippen LogP contribution >= 0.6 is 11.3 Å². The zero-order chi connectivity index (χ0) is 9.97. The fraction of sp³-hybridized carbons (Fsp3) is 0.556. The summed E-state index contributed by atoms with van der Waals surface area (Å²) in [6.45, 7) is 1.56. The SMILES string of the molecule is O=C(c1cscn1)N1CCC(CO)C1. The van der Waals surface area contributed by atoms with Crippen molar-refractivity contribution in [3.05, 3.63) is 16.6 Å². The summed E-state index contributed by atoms with van der Waals surface area (Å²) in [7, 11) is 0. The van der Waals surface area contributed by atoms with Crippen LogP contribution in [-0.4, -0.2) is 40.6 Å². The number of hydrogen-bond acceptors (Lipinski definition) is 4. The molecule has 0 radical (unpaired) electrons. The summed E-state index contributed by atoms with van der Waals surface area (Å²) in [6.07, 6.45) is 0.895. The Bertz CT molecular complexity index is 313. The molecule has 1 aliphatic rings. The van der Waals surface area contributed by atoms with Crippen molar-refractivity contribution in [1.82, 2.24) is 9.88 Å². The minimum atomic E-state index is -0.0119. The number of thiazole rings is 1. The van der Waals surface area contributed by atoms with Gasteiger partial charge in [-0.1, -0.05) is 0 Å². The topological polar surface area (TPSA) is 53.4 Å². The predicted octanol–water partition coefficient (Wildman–Crippen LogP) is 0.598. The van der Waals surface area contributed by atoms with E-state index >= 15 is 0 Å². The van der Waals surface area contributed by atoms with Gasteiger partial charge >= 0.3 is 0 Å². The number of rotatable bonds is 2. The van der Waals surface area contributed by atoms with Gasteiger partial charge in [0.25, 0.3) is 5.91 Å². The normalized spacial score (nSPS) is 21.5. The molecule has 4 nitrogen and oxygen atoms in total. The van der Waals surface area contributed by atoms with Gasteiger partial charge in [0.1, 0.15) is 5.69 Å². The summed E-state index contributed by atoms with van der Waals surface area (Å²) in [5, 5.41) is 10.7. The highest BCUT2D eigenvalue weighted by Gasteiger charge is 2.26. The van der Waals surface area contributed by atoms with Crippen molar-refractivity contribution in [3.8, 4) is 0 Å². The molecule has 1 aromatic heterocycles. The summed E-state index contributed by atoms with van der Waals surface area (Å²) in [5.74, 6) is 0.236. The van der Waals surface area contributed by atoms with E-state index in [9.17, 15) is 4.79 Å². The van der Waals surface area contributed by atoms with Crippen LogP contribution in [0.2, 0.25) is 0 Å². The van der Waals surface area contributed by atoms with E-state index in [4.69, 9.17) is 5.11 Å². The molecule has 1 saturated heterocycles. The third kappa shape index (κ3) is 1.78. The van der Waals surface area contributed by atoms with E-state index in [0.29, 0.717) is 12.2 Å². The predicted molar refractivity (Wildman–Crippen MR) is 53.2 cm³/mol. The average molecular weight is 212 g/mol. The number of aliphatic hydroxyl groups is 1. The van der Waals surface area contributed by atoms with Crippen LogP contribution in [-0.2, 0) is 0 Å². The van der Waals surface area contributed by atoms with Crippen molar-refractivity contribution < 1.29 is 9.90 Å². The largest absolute Gasteiger partial charge is 0.396 e. The number of amides is 1. The maximum absolute atomic E-state index is 11.8. The van der Waals surface area contributed by atoms with Crippen molar-refractivity contribution in [2.45, 2.75) is 6.42 Å². The lowest BCUT2D eigenvalue weighted by molar-refractivity contribution is 0.0777. The van der Waals surface area contributed by atoms with Gasteiger partial charge in [0.05, 0.1) is 5.51 Å². The second kappa shape index (κ2) is 4.06. The first-order valence-corrected chi connectivity index (χ1v) is 5.54. The lowest BCUT2D eigenvalue weighted by atomic mass is 10.1. The molecule has 0 aliphatic carbocycles. The van der Waals surface area contributed by atoms with Gasteiger partial charge in [0.15, 0.2) is 0 Å². The van der Waals surface area contributed by atoms with Gasteiger partial charge in [-0.15, -0.1) is 11.3 Å². The van der Waals surface area contributed by atoms with Crippen LogP contribution < -0.4 is 0 Å². The molecule has 0 spiro atoms. The maximum atomic E-state index is 11.8. The van der Waals surface area contributed by atoms with Crippen LogP contribution in [0.3, 0.4) is 0 Å². The zero-order valence-electron chi connectivity index (χ0n) is 7.72. The van der Waals surface area contributed by atoms with Crippen molar-refractivity contribution in [3.63, 3.8) is 0 Å². The van der Waals surface area contributed by atoms with E-state index in [-0.39, 0.29) is 18.4 Å². The van der Waals surface area contributed by atoms with Crippen molar-refractivity contribution in [1.29, 1.82) is 0 Å². The first kappa shape index (κ1) is 9.61. The van der Waals surface area contributed by atoms with E-state index in [1.807, 2.05) is 0 Å². The van der Waals surface area contributed by atoms with Crippen LogP contribution in [0, 0.1) is 5.92 Å². The Labute approximate surface area is 86.2 Å². The number of hydrogen-bond donors (Lipinski definition) is 1. The summed E-state index contributed by atoms with van der Waals surface area (Å²) in [5.41, 5.74) is 2.18. The van der Waals surface area contributed by atoms with Crippen LogP contribution in [0.15, 0.2) is 10.9 Å². The summed E-state index contributed by atoms with van der Waals surface area (Å²) < 4.78 is 0. The molecule has 1 atom stereocenters. The number of carbonyl (C=O) groups excluding carboxylic acids is 1. The summed E-state index contributed by atoms with van der Waals surface area (Å²) in [6, 6.07) is 0. The molecule has 0 saturated carbocycles. The second-order valence-electron chi connectivity index (χ2n) is 3.46. The third-order valence-corrected chi connectivity index (χ3v) is 3.07. The molecule has 1 aliphatic heterocycles. The van der Waals surface area contributed by atoms with Crippen molar-refractivity contribution in [2.24, 2.45) is 5.92 Å². The van der Waals surface area contributed by atoms with Crippen LogP contribution in [0.1, 0.15) is 16.9 Å². The molecule has 1 aromatic rings. The highest BCUT2D eigenvalue weighted by molar-refractivity contribution is 7.07. The molecule has 0 aromatic carbocycles. The maximum Gasteiger partial charge on any atom is 0.273 e. The summed E-state index contributed by atoms with van der Waals surface area (Å²) >= 11 is 1.43. The van der Waals surface area contributed by atoms with Gasteiger partial charge in [0, 0.05) is 31.0 Å². The molecule has 14 heavy (non-hydrogen) atoms. The number of carbonyl (C=O) groups is 1.